The van der Waals surface area contributed by atoms with Gasteiger partial charge >= 0.3 is 0 Å². The number of carbonyl (C=O) groups excluding carboxylic acids is 2. The highest BCUT2D eigenvalue weighted by atomic mass is 79.9. The van der Waals surface area contributed by atoms with Crippen LogP contribution in [-0.2, 0) is 17.9 Å². The van der Waals surface area contributed by atoms with Crippen LogP contribution in [-0.4, -0.2) is 28.0 Å². The van der Waals surface area contributed by atoms with Crippen molar-refractivity contribution in [3.63, 3.8) is 0 Å². The summed E-state index contributed by atoms with van der Waals surface area (Å²) in [6.45, 7) is 10.9. The maximum Gasteiger partial charge on any atom is 0.259 e. The number of halogens is 2. The standard InChI is InChI=1S/C30H33BrClN5O3/c1-6-37-25-16-26(40-7-2)21(27(38)34-20-11-9-19(31)10-12-20)15-24(25)36-29(37)35-23-14-18(8-13-22(23)32)17-33-28(39)30(3,4)5/h8-16H,6-7,17H2,1-5H3,(H,33,39)(H,34,38)(H,35,36). The molecule has 210 valence electrons. The number of amides is 2. The molecule has 0 fully saturated rings. The van der Waals surface area contributed by atoms with Crippen molar-refractivity contribution in [2.24, 2.45) is 5.41 Å². The van der Waals surface area contributed by atoms with E-state index in [-0.39, 0.29) is 11.8 Å². The fourth-order valence-electron chi connectivity index (χ4n) is 4.10. The van der Waals surface area contributed by atoms with Crippen LogP contribution in [0.5, 0.6) is 5.75 Å². The molecule has 0 saturated carbocycles. The van der Waals surface area contributed by atoms with Gasteiger partial charge in [0.25, 0.3) is 5.91 Å². The number of carbonyl (C=O) groups is 2. The largest absolute Gasteiger partial charge is 0.493 e. The number of hydrogen-bond donors (Lipinski definition) is 3. The van der Waals surface area contributed by atoms with Gasteiger partial charge in [0.15, 0.2) is 0 Å². The first kappa shape index (κ1) is 29.4. The van der Waals surface area contributed by atoms with Crippen LogP contribution in [0.2, 0.25) is 5.02 Å². The van der Waals surface area contributed by atoms with Crippen LogP contribution < -0.4 is 20.7 Å². The third-order valence-corrected chi connectivity index (χ3v) is 7.08. The average Bonchev–Trinajstić information content (AvgIpc) is 3.25. The van der Waals surface area contributed by atoms with E-state index in [0.717, 1.165) is 15.6 Å². The molecule has 2 amide bonds. The van der Waals surface area contributed by atoms with Gasteiger partial charge in [0, 0.05) is 34.7 Å². The molecule has 0 aliphatic carbocycles. The second-order valence-electron chi connectivity index (χ2n) is 10.3. The van der Waals surface area contributed by atoms with E-state index in [1.54, 1.807) is 12.1 Å². The lowest BCUT2D eigenvalue weighted by Gasteiger charge is -2.18. The van der Waals surface area contributed by atoms with Gasteiger partial charge in [-0.1, -0.05) is 54.4 Å². The zero-order valence-electron chi connectivity index (χ0n) is 23.2. The van der Waals surface area contributed by atoms with E-state index in [4.69, 9.17) is 21.3 Å². The summed E-state index contributed by atoms with van der Waals surface area (Å²) in [7, 11) is 0. The highest BCUT2D eigenvalue weighted by Crippen LogP contribution is 2.32. The number of anilines is 3. The molecule has 4 rings (SSSR count). The summed E-state index contributed by atoms with van der Waals surface area (Å²) in [5, 5.41) is 9.76. The minimum absolute atomic E-state index is 0.0326. The molecule has 0 unspecified atom stereocenters. The van der Waals surface area contributed by atoms with Crippen LogP contribution in [0, 0.1) is 5.41 Å². The Labute approximate surface area is 247 Å². The summed E-state index contributed by atoms with van der Waals surface area (Å²) in [6, 6.07) is 16.5. The molecule has 3 aromatic carbocycles. The predicted molar refractivity (Wildman–Crippen MR) is 165 cm³/mol. The van der Waals surface area contributed by atoms with Crippen LogP contribution in [0.3, 0.4) is 0 Å². The van der Waals surface area contributed by atoms with Gasteiger partial charge in [0.2, 0.25) is 11.9 Å². The van der Waals surface area contributed by atoms with E-state index in [2.05, 4.69) is 31.9 Å². The number of aryl methyl sites for hydroxylation is 1. The summed E-state index contributed by atoms with van der Waals surface area (Å²) < 4.78 is 8.79. The van der Waals surface area contributed by atoms with Crippen molar-refractivity contribution in [1.82, 2.24) is 14.9 Å². The molecule has 10 heteroatoms. The van der Waals surface area contributed by atoms with Gasteiger partial charge in [-0.3, -0.25) is 9.59 Å². The first-order valence-corrected chi connectivity index (χ1v) is 14.2. The summed E-state index contributed by atoms with van der Waals surface area (Å²) in [6.07, 6.45) is 0. The molecule has 40 heavy (non-hydrogen) atoms. The lowest BCUT2D eigenvalue weighted by atomic mass is 9.95. The van der Waals surface area contributed by atoms with E-state index in [0.29, 0.717) is 58.9 Å². The molecule has 0 bridgehead atoms. The predicted octanol–water partition coefficient (Wildman–Crippen LogP) is 7.53. The van der Waals surface area contributed by atoms with Gasteiger partial charge in [-0.05, 0) is 61.9 Å². The number of fused-ring (bicyclic) bond motifs is 1. The fourth-order valence-corrected chi connectivity index (χ4v) is 4.53. The maximum atomic E-state index is 13.2. The van der Waals surface area contributed by atoms with E-state index >= 15 is 0 Å². The van der Waals surface area contributed by atoms with Crippen molar-refractivity contribution in [3.05, 3.63) is 75.2 Å². The van der Waals surface area contributed by atoms with E-state index in [9.17, 15) is 9.59 Å². The van der Waals surface area contributed by atoms with Crippen molar-refractivity contribution in [1.29, 1.82) is 0 Å². The zero-order valence-corrected chi connectivity index (χ0v) is 25.5. The topological polar surface area (TPSA) is 97.3 Å². The summed E-state index contributed by atoms with van der Waals surface area (Å²) in [5.41, 5.74) is 3.59. The van der Waals surface area contributed by atoms with E-state index in [1.165, 1.54) is 0 Å². The van der Waals surface area contributed by atoms with Crippen LogP contribution >= 0.6 is 27.5 Å². The Morgan fingerprint density at radius 2 is 1.77 bits per heavy atom. The van der Waals surface area contributed by atoms with Crippen LogP contribution in [0.25, 0.3) is 11.0 Å². The van der Waals surface area contributed by atoms with Crippen molar-refractivity contribution in [3.8, 4) is 5.75 Å². The minimum atomic E-state index is -0.478. The third kappa shape index (κ3) is 6.77. The number of nitrogens with one attached hydrogen (secondary N) is 3. The number of hydrogen-bond acceptors (Lipinski definition) is 5. The smallest absolute Gasteiger partial charge is 0.259 e. The molecule has 0 spiro atoms. The van der Waals surface area contributed by atoms with Gasteiger partial charge in [-0.15, -0.1) is 0 Å². The molecular weight excluding hydrogens is 594 g/mol. The number of nitrogens with zero attached hydrogens (tertiary/aromatic N) is 2. The Bertz CT molecular complexity index is 1540. The minimum Gasteiger partial charge on any atom is -0.493 e. The van der Waals surface area contributed by atoms with Crippen molar-refractivity contribution in [2.45, 2.75) is 47.7 Å². The van der Waals surface area contributed by atoms with Crippen LogP contribution in [0.4, 0.5) is 17.3 Å². The number of ether oxygens (including phenoxy) is 1. The summed E-state index contributed by atoms with van der Waals surface area (Å²) >= 11 is 9.94. The van der Waals surface area contributed by atoms with Gasteiger partial charge in [0.05, 0.1) is 33.9 Å². The van der Waals surface area contributed by atoms with Crippen LogP contribution in [0.15, 0.2) is 59.1 Å². The molecular formula is C30H33BrClN5O3. The lowest BCUT2D eigenvalue weighted by Crippen LogP contribution is -2.34. The molecule has 0 aliphatic heterocycles. The van der Waals surface area contributed by atoms with E-state index < -0.39 is 5.41 Å². The molecule has 4 aromatic rings. The third-order valence-electron chi connectivity index (χ3n) is 6.22. The maximum absolute atomic E-state index is 13.2. The second kappa shape index (κ2) is 12.3. The molecule has 1 aromatic heterocycles. The van der Waals surface area contributed by atoms with Gasteiger partial charge in [-0.2, -0.15) is 0 Å². The van der Waals surface area contributed by atoms with Crippen molar-refractivity contribution < 1.29 is 14.3 Å². The fraction of sp³-hybridized carbons (Fsp3) is 0.300. The number of benzene rings is 3. The molecule has 0 radical (unpaired) electrons. The van der Waals surface area contributed by atoms with Crippen LogP contribution in [0.1, 0.15) is 50.5 Å². The van der Waals surface area contributed by atoms with Gasteiger partial charge in [-0.25, -0.2) is 4.98 Å². The average molecular weight is 627 g/mol. The van der Waals surface area contributed by atoms with E-state index in [1.807, 2.05) is 81.7 Å². The monoisotopic (exact) mass is 625 g/mol. The SMILES string of the molecule is CCOc1cc2c(cc1C(=O)Nc1ccc(Br)cc1)nc(Nc1cc(CNC(=O)C(C)(C)C)ccc1Cl)n2CC. The Balaban J connectivity index is 1.65. The van der Waals surface area contributed by atoms with Crippen molar-refractivity contribution in [2.75, 3.05) is 17.2 Å². The highest BCUT2D eigenvalue weighted by Gasteiger charge is 2.21. The Morgan fingerprint density at radius 1 is 1.05 bits per heavy atom. The summed E-state index contributed by atoms with van der Waals surface area (Å²) in [5.74, 6) is 0.722. The number of rotatable bonds is 9. The normalized spacial score (nSPS) is 11.4. The molecule has 8 nitrogen and oxygen atoms in total. The van der Waals surface area contributed by atoms with Gasteiger partial charge in [0.1, 0.15) is 5.75 Å². The second-order valence-corrected chi connectivity index (χ2v) is 11.6. The first-order chi connectivity index (χ1) is 19.0. The molecule has 0 saturated heterocycles. The lowest BCUT2D eigenvalue weighted by molar-refractivity contribution is -0.128. The van der Waals surface area contributed by atoms with Gasteiger partial charge < -0.3 is 25.3 Å². The molecule has 0 atom stereocenters. The zero-order chi connectivity index (χ0) is 29.0. The Hall–Kier alpha value is -3.56. The number of imidazole rings is 1. The quantitative estimate of drug-likeness (QED) is 0.178. The Morgan fingerprint density at radius 3 is 2.42 bits per heavy atom. The summed E-state index contributed by atoms with van der Waals surface area (Å²) in [4.78, 5) is 30.4. The Kier molecular flexibility index (Phi) is 9.05. The first-order valence-electron chi connectivity index (χ1n) is 13.1. The molecule has 0 aliphatic rings. The molecule has 3 N–H and O–H groups in total. The highest BCUT2D eigenvalue weighted by molar-refractivity contribution is 9.10. The van der Waals surface area contributed by atoms with Crippen molar-refractivity contribution >= 4 is 67.7 Å². The molecule has 1 heterocycles. The number of aromatic nitrogens is 2.